The fourth-order valence-corrected chi connectivity index (χ4v) is 2.76. The summed E-state index contributed by atoms with van der Waals surface area (Å²) in [6, 6.07) is 12.9. The van der Waals surface area contributed by atoms with Gasteiger partial charge in [-0.05, 0) is 25.1 Å². The molecule has 3 aromatic rings. The maximum absolute atomic E-state index is 12.6. The first kappa shape index (κ1) is 13.7. The lowest BCUT2D eigenvalue weighted by Crippen LogP contribution is -2.16. The molecule has 5 nitrogen and oxygen atoms in total. The van der Waals surface area contributed by atoms with Crippen molar-refractivity contribution in [2.24, 2.45) is 0 Å². The highest BCUT2D eigenvalue weighted by atomic mass is 16.6. The van der Waals surface area contributed by atoms with Crippen molar-refractivity contribution < 1.29 is 18.7 Å². The summed E-state index contributed by atoms with van der Waals surface area (Å²) in [7, 11) is 0. The van der Waals surface area contributed by atoms with Crippen molar-refractivity contribution in [3.63, 3.8) is 0 Å². The minimum Gasteiger partial charge on any atom is -0.486 e. The number of carbonyl (C=O) groups is 1. The quantitative estimate of drug-likeness (QED) is 0.783. The van der Waals surface area contributed by atoms with E-state index in [1.54, 1.807) is 25.1 Å². The molecule has 0 saturated heterocycles. The molecule has 23 heavy (non-hydrogen) atoms. The van der Waals surface area contributed by atoms with Crippen LogP contribution in [0.2, 0.25) is 0 Å². The first-order valence-electron chi connectivity index (χ1n) is 7.41. The van der Waals surface area contributed by atoms with Crippen molar-refractivity contribution in [3.8, 4) is 11.5 Å². The van der Waals surface area contributed by atoms with E-state index in [2.05, 4.69) is 5.32 Å². The second kappa shape index (κ2) is 5.35. The highest BCUT2D eigenvalue weighted by Crippen LogP contribution is 2.33. The number of para-hydroxylation sites is 1. The van der Waals surface area contributed by atoms with Crippen molar-refractivity contribution in [1.82, 2.24) is 0 Å². The predicted molar refractivity (Wildman–Crippen MR) is 86.3 cm³/mol. The van der Waals surface area contributed by atoms with Gasteiger partial charge in [0.25, 0.3) is 5.91 Å². The Bertz CT molecular complexity index is 897. The molecule has 1 N–H and O–H groups in total. The van der Waals surface area contributed by atoms with Gasteiger partial charge in [0.1, 0.15) is 24.6 Å². The molecule has 0 radical (unpaired) electrons. The van der Waals surface area contributed by atoms with Crippen molar-refractivity contribution in [2.75, 3.05) is 18.5 Å². The lowest BCUT2D eigenvalue weighted by molar-refractivity contribution is 0.102. The summed E-state index contributed by atoms with van der Waals surface area (Å²) in [5.74, 6) is 1.73. The average Bonchev–Trinajstić information content (AvgIpc) is 2.90. The van der Waals surface area contributed by atoms with Gasteiger partial charge in [-0.25, -0.2) is 0 Å². The molecular weight excluding hydrogens is 294 g/mol. The van der Waals surface area contributed by atoms with Gasteiger partial charge in [-0.1, -0.05) is 18.2 Å². The van der Waals surface area contributed by atoms with Gasteiger partial charge in [-0.2, -0.15) is 0 Å². The predicted octanol–water partition coefficient (Wildman–Crippen LogP) is 3.76. The van der Waals surface area contributed by atoms with E-state index in [4.69, 9.17) is 13.9 Å². The number of benzene rings is 2. The topological polar surface area (TPSA) is 60.7 Å². The molecule has 0 aliphatic carbocycles. The number of rotatable bonds is 2. The largest absolute Gasteiger partial charge is 0.486 e. The van der Waals surface area contributed by atoms with Crippen LogP contribution < -0.4 is 14.8 Å². The SMILES string of the molecule is Cc1oc2ccccc2c1C(=O)Nc1ccc2c(c1)OCCO2. The molecule has 1 aromatic heterocycles. The molecule has 4 rings (SSSR count). The van der Waals surface area contributed by atoms with Crippen LogP contribution in [0.3, 0.4) is 0 Å². The number of nitrogens with one attached hydrogen (secondary N) is 1. The third-order valence-corrected chi connectivity index (χ3v) is 3.80. The Morgan fingerprint density at radius 1 is 1.04 bits per heavy atom. The van der Waals surface area contributed by atoms with Crippen LogP contribution >= 0.6 is 0 Å². The minimum atomic E-state index is -0.205. The number of amides is 1. The van der Waals surface area contributed by atoms with E-state index in [9.17, 15) is 4.79 Å². The van der Waals surface area contributed by atoms with E-state index in [-0.39, 0.29) is 5.91 Å². The van der Waals surface area contributed by atoms with Gasteiger partial charge in [-0.15, -0.1) is 0 Å². The summed E-state index contributed by atoms with van der Waals surface area (Å²) in [6.07, 6.45) is 0. The normalized spacial score (nSPS) is 13.1. The minimum absolute atomic E-state index is 0.205. The molecule has 2 aromatic carbocycles. The number of aryl methyl sites for hydroxylation is 1. The zero-order valence-electron chi connectivity index (χ0n) is 12.6. The van der Waals surface area contributed by atoms with E-state index >= 15 is 0 Å². The fraction of sp³-hybridized carbons (Fsp3) is 0.167. The van der Waals surface area contributed by atoms with Gasteiger partial charge in [0.15, 0.2) is 11.5 Å². The van der Waals surface area contributed by atoms with Crippen LogP contribution in [0.1, 0.15) is 16.1 Å². The standard InChI is InChI=1S/C18H15NO4/c1-11-17(13-4-2-3-5-14(13)23-11)18(20)19-12-6-7-15-16(10-12)22-9-8-21-15/h2-7,10H,8-9H2,1H3,(H,19,20). The van der Waals surface area contributed by atoms with Gasteiger partial charge in [0.05, 0.1) is 5.56 Å². The summed E-state index contributed by atoms with van der Waals surface area (Å²) in [4.78, 5) is 12.6. The van der Waals surface area contributed by atoms with Gasteiger partial charge in [-0.3, -0.25) is 4.79 Å². The fourth-order valence-electron chi connectivity index (χ4n) is 2.76. The lowest BCUT2D eigenvalue weighted by atomic mass is 10.1. The average molecular weight is 309 g/mol. The van der Waals surface area contributed by atoms with E-state index in [0.29, 0.717) is 47.3 Å². The van der Waals surface area contributed by atoms with Crippen LogP contribution in [-0.4, -0.2) is 19.1 Å². The van der Waals surface area contributed by atoms with Crippen LogP contribution in [0.4, 0.5) is 5.69 Å². The molecule has 2 heterocycles. The van der Waals surface area contributed by atoms with E-state index in [0.717, 1.165) is 5.39 Å². The van der Waals surface area contributed by atoms with Crippen LogP contribution in [0.5, 0.6) is 11.5 Å². The van der Waals surface area contributed by atoms with Crippen molar-refractivity contribution in [2.45, 2.75) is 6.92 Å². The molecule has 1 aliphatic rings. The highest BCUT2D eigenvalue weighted by molar-refractivity contribution is 6.13. The van der Waals surface area contributed by atoms with Gasteiger partial charge in [0, 0.05) is 17.1 Å². The number of anilines is 1. The zero-order valence-corrected chi connectivity index (χ0v) is 12.6. The lowest BCUT2D eigenvalue weighted by Gasteiger charge is -2.19. The Kier molecular flexibility index (Phi) is 3.19. The number of fused-ring (bicyclic) bond motifs is 2. The molecule has 0 bridgehead atoms. The maximum atomic E-state index is 12.6. The Balaban J connectivity index is 1.66. The molecule has 5 heteroatoms. The molecule has 0 fully saturated rings. The molecule has 1 aliphatic heterocycles. The van der Waals surface area contributed by atoms with Crippen LogP contribution in [0.25, 0.3) is 11.0 Å². The van der Waals surface area contributed by atoms with Gasteiger partial charge >= 0.3 is 0 Å². The Hall–Kier alpha value is -2.95. The van der Waals surface area contributed by atoms with Crippen LogP contribution in [0.15, 0.2) is 46.9 Å². The molecule has 0 spiro atoms. The number of hydrogen-bond acceptors (Lipinski definition) is 4. The molecule has 1 amide bonds. The van der Waals surface area contributed by atoms with Crippen LogP contribution in [0, 0.1) is 6.92 Å². The number of hydrogen-bond donors (Lipinski definition) is 1. The van der Waals surface area contributed by atoms with Crippen molar-refractivity contribution in [1.29, 1.82) is 0 Å². The van der Waals surface area contributed by atoms with E-state index in [1.807, 2.05) is 24.3 Å². The molecule has 0 unspecified atom stereocenters. The highest BCUT2D eigenvalue weighted by Gasteiger charge is 2.19. The third kappa shape index (κ3) is 2.40. The Morgan fingerprint density at radius 3 is 2.70 bits per heavy atom. The van der Waals surface area contributed by atoms with Crippen LogP contribution in [-0.2, 0) is 0 Å². The number of carbonyl (C=O) groups excluding carboxylic acids is 1. The van der Waals surface area contributed by atoms with Crippen molar-refractivity contribution in [3.05, 3.63) is 53.8 Å². The molecule has 116 valence electrons. The van der Waals surface area contributed by atoms with Gasteiger partial charge in [0.2, 0.25) is 0 Å². The number of ether oxygens (including phenoxy) is 2. The summed E-state index contributed by atoms with van der Waals surface area (Å²) < 4.78 is 16.7. The Labute approximate surface area is 132 Å². The molecule has 0 saturated carbocycles. The molecule has 0 atom stereocenters. The third-order valence-electron chi connectivity index (χ3n) is 3.80. The maximum Gasteiger partial charge on any atom is 0.259 e. The van der Waals surface area contributed by atoms with E-state index in [1.165, 1.54) is 0 Å². The molecular formula is C18H15NO4. The summed E-state index contributed by atoms with van der Waals surface area (Å²) in [5.41, 5.74) is 1.91. The second-order valence-electron chi connectivity index (χ2n) is 5.34. The summed E-state index contributed by atoms with van der Waals surface area (Å²) in [6.45, 7) is 2.84. The Morgan fingerprint density at radius 2 is 1.83 bits per heavy atom. The van der Waals surface area contributed by atoms with E-state index < -0.39 is 0 Å². The number of furan rings is 1. The monoisotopic (exact) mass is 309 g/mol. The summed E-state index contributed by atoms with van der Waals surface area (Å²) in [5, 5.41) is 3.70. The smallest absolute Gasteiger partial charge is 0.259 e. The zero-order chi connectivity index (χ0) is 15.8. The van der Waals surface area contributed by atoms with Crippen molar-refractivity contribution >= 4 is 22.6 Å². The van der Waals surface area contributed by atoms with Gasteiger partial charge < -0.3 is 19.2 Å². The first-order chi connectivity index (χ1) is 11.2. The summed E-state index contributed by atoms with van der Waals surface area (Å²) >= 11 is 0. The second-order valence-corrected chi connectivity index (χ2v) is 5.34. The first-order valence-corrected chi connectivity index (χ1v) is 7.41.